The van der Waals surface area contributed by atoms with Crippen molar-refractivity contribution in [3.05, 3.63) is 62.6 Å². The molecule has 1 aromatic carbocycles. The Balaban J connectivity index is 1.63. The third-order valence-corrected chi connectivity index (χ3v) is 9.04. The Bertz CT molecular complexity index is 1310. The lowest BCUT2D eigenvalue weighted by Crippen LogP contribution is -2.70. The first-order valence-electron chi connectivity index (χ1n) is 12.6. The zero-order valence-corrected chi connectivity index (χ0v) is 21.0. The minimum atomic E-state index is -1.21. The number of aromatic nitrogens is 1. The molecule has 1 aliphatic carbocycles. The van der Waals surface area contributed by atoms with Crippen LogP contribution in [0, 0.1) is 6.92 Å². The maximum atomic E-state index is 13.3. The zero-order valence-electron chi connectivity index (χ0n) is 21.0. The van der Waals surface area contributed by atoms with Crippen molar-refractivity contribution in [1.82, 2.24) is 14.8 Å². The van der Waals surface area contributed by atoms with Gasteiger partial charge < -0.3 is 30.7 Å². The number of likely N-dealkylation sites (tertiary alicyclic amines) is 2. The molecule has 2 amide bonds. The Morgan fingerprint density at radius 1 is 1.19 bits per heavy atom. The summed E-state index contributed by atoms with van der Waals surface area (Å²) in [6.07, 6.45) is 2.39. The van der Waals surface area contributed by atoms with E-state index in [0.717, 1.165) is 17.7 Å². The molecule has 1 aromatic heterocycles. The number of benzene rings is 1. The summed E-state index contributed by atoms with van der Waals surface area (Å²) in [5.41, 5.74) is 6.24. The minimum Gasteiger partial charge on any atom is -0.508 e. The number of aliphatic hydroxyl groups is 1. The fourth-order valence-corrected chi connectivity index (χ4v) is 6.83. The van der Waals surface area contributed by atoms with E-state index in [0.29, 0.717) is 43.5 Å². The third-order valence-electron chi connectivity index (χ3n) is 9.04. The summed E-state index contributed by atoms with van der Waals surface area (Å²) in [5, 5.41) is 22.8. The lowest BCUT2D eigenvalue weighted by Gasteiger charge is -2.59. The van der Waals surface area contributed by atoms with Crippen molar-refractivity contribution in [3.63, 3.8) is 0 Å². The number of aromatic amines is 1. The number of amides is 2. The number of rotatable bonds is 3. The number of pyridine rings is 1. The average Bonchev–Trinajstić information content (AvgIpc) is 3.33. The van der Waals surface area contributed by atoms with Crippen LogP contribution in [0.1, 0.15) is 58.9 Å². The monoisotopic (exact) mass is 494 g/mol. The van der Waals surface area contributed by atoms with E-state index >= 15 is 0 Å². The molecule has 192 valence electrons. The number of hydrogen-bond acceptors (Lipinski definition) is 6. The van der Waals surface area contributed by atoms with Gasteiger partial charge in [0.05, 0.1) is 5.60 Å². The van der Waals surface area contributed by atoms with Crippen molar-refractivity contribution in [2.45, 2.75) is 69.1 Å². The Labute approximate surface area is 209 Å². The molecule has 0 radical (unpaired) electrons. The lowest BCUT2D eigenvalue weighted by atomic mass is 9.53. The Kier molecular flexibility index (Phi) is 5.76. The van der Waals surface area contributed by atoms with E-state index in [1.54, 1.807) is 18.2 Å². The Hall–Kier alpha value is -3.17. The first-order chi connectivity index (χ1) is 17.0. The number of fused-ring (bicyclic) bond motifs is 2. The van der Waals surface area contributed by atoms with Gasteiger partial charge in [0.25, 0.3) is 11.5 Å². The summed E-state index contributed by atoms with van der Waals surface area (Å²) >= 11 is 0. The van der Waals surface area contributed by atoms with Crippen molar-refractivity contribution in [2.24, 2.45) is 5.73 Å². The predicted molar refractivity (Wildman–Crippen MR) is 134 cm³/mol. The minimum absolute atomic E-state index is 0.0386. The summed E-state index contributed by atoms with van der Waals surface area (Å²) in [5.74, 6) is -0.953. The number of nitrogens with zero attached hydrogens (tertiary/aromatic N) is 2. The fourth-order valence-electron chi connectivity index (χ4n) is 6.83. The van der Waals surface area contributed by atoms with Gasteiger partial charge >= 0.3 is 0 Å². The van der Waals surface area contributed by atoms with Crippen LogP contribution in [0.5, 0.6) is 5.75 Å². The molecule has 36 heavy (non-hydrogen) atoms. The van der Waals surface area contributed by atoms with E-state index in [4.69, 9.17) is 5.73 Å². The van der Waals surface area contributed by atoms with Crippen LogP contribution in [0.2, 0.25) is 0 Å². The first kappa shape index (κ1) is 24.5. The van der Waals surface area contributed by atoms with Gasteiger partial charge in [0.1, 0.15) is 17.4 Å². The highest BCUT2D eigenvalue weighted by atomic mass is 16.3. The van der Waals surface area contributed by atoms with Crippen LogP contribution >= 0.6 is 0 Å². The van der Waals surface area contributed by atoms with Crippen LogP contribution in [-0.4, -0.2) is 74.6 Å². The van der Waals surface area contributed by atoms with Crippen LogP contribution < -0.4 is 11.3 Å². The molecule has 0 unspecified atom stereocenters. The van der Waals surface area contributed by atoms with Crippen molar-refractivity contribution in [3.8, 4) is 5.75 Å². The highest BCUT2D eigenvalue weighted by Crippen LogP contribution is 2.53. The molecule has 9 heteroatoms. The van der Waals surface area contributed by atoms with Gasteiger partial charge in [-0.1, -0.05) is 6.07 Å². The topological polar surface area (TPSA) is 140 Å². The van der Waals surface area contributed by atoms with Crippen molar-refractivity contribution < 1.29 is 19.8 Å². The van der Waals surface area contributed by atoms with E-state index < -0.39 is 34.4 Å². The summed E-state index contributed by atoms with van der Waals surface area (Å²) in [6, 6.07) is 5.88. The smallest absolute Gasteiger partial charge is 0.261 e. The molecule has 2 aromatic rings. The third kappa shape index (κ3) is 3.48. The van der Waals surface area contributed by atoms with Crippen LogP contribution in [0.15, 0.2) is 29.1 Å². The second-order valence-electron chi connectivity index (χ2n) is 10.8. The molecule has 9 nitrogen and oxygen atoms in total. The molecule has 2 fully saturated rings. The average molecular weight is 495 g/mol. The number of phenols is 1. The van der Waals surface area contributed by atoms with Gasteiger partial charge in [-0.25, -0.2) is 0 Å². The van der Waals surface area contributed by atoms with Gasteiger partial charge in [0.2, 0.25) is 5.91 Å². The van der Waals surface area contributed by atoms with Crippen LogP contribution in [0.3, 0.4) is 0 Å². The van der Waals surface area contributed by atoms with Gasteiger partial charge in [-0.2, -0.15) is 0 Å². The lowest BCUT2D eigenvalue weighted by molar-refractivity contribution is -0.132. The molecule has 3 aliphatic rings. The van der Waals surface area contributed by atoms with E-state index in [1.807, 2.05) is 27.0 Å². The largest absolute Gasteiger partial charge is 0.508 e. The van der Waals surface area contributed by atoms with Crippen LogP contribution in [-0.2, 0) is 23.1 Å². The number of nitrogens with two attached hydrogens (primary N) is 1. The number of carbonyl (C=O) groups excluding carboxylic acids is 2. The second-order valence-corrected chi connectivity index (χ2v) is 10.8. The van der Waals surface area contributed by atoms with E-state index in [-0.39, 0.29) is 23.8 Å². The molecule has 2 saturated heterocycles. The number of aromatic hydroxyl groups is 1. The molecule has 0 bridgehead atoms. The van der Waals surface area contributed by atoms with E-state index in [2.05, 4.69) is 9.88 Å². The molecule has 4 atom stereocenters. The molecular formula is C27H34N4O5. The SMILES string of the molecule is Cc1ccc(O)cc1[C@]12CCN(C)[C@H](C)[C@]1(O)Cc1cc(C(=O)N3CCC[C@H]3C(N)=O)c(=O)[nH]c1C2. The number of phenolic OH excluding ortho intramolecular Hbond substituents is 1. The van der Waals surface area contributed by atoms with Crippen molar-refractivity contribution in [1.29, 1.82) is 0 Å². The highest BCUT2D eigenvalue weighted by Gasteiger charge is 2.60. The number of likely N-dealkylation sites (N-methyl/N-ethyl adjacent to an activating group) is 1. The predicted octanol–water partition coefficient (Wildman–Crippen LogP) is 0.971. The van der Waals surface area contributed by atoms with Gasteiger partial charge in [-0.05, 0) is 81.6 Å². The van der Waals surface area contributed by atoms with E-state index in [1.165, 1.54) is 4.90 Å². The molecular weight excluding hydrogens is 460 g/mol. The summed E-state index contributed by atoms with van der Waals surface area (Å²) in [6.45, 7) is 5.08. The number of hydrogen-bond donors (Lipinski definition) is 4. The molecule has 3 heterocycles. The molecule has 0 saturated carbocycles. The Morgan fingerprint density at radius 3 is 2.67 bits per heavy atom. The summed E-state index contributed by atoms with van der Waals surface area (Å²) in [4.78, 5) is 44.8. The molecule has 2 aliphatic heterocycles. The molecule has 5 rings (SSSR count). The number of primary amides is 1. The number of carbonyl (C=O) groups is 2. The number of aryl methyl sites for hydroxylation is 1. The maximum Gasteiger partial charge on any atom is 0.261 e. The van der Waals surface area contributed by atoms with Crippen molar-refractivity contribution >= 4 is 11.8 Å². The molecule has 0 spiro atoms. The van der Waals surface area contributed by atoms with Crippen molar-refractivity contribution in [2.75, 3.05) is 20.1 Å². The molecule has 5 N–H and O–H groups in total. The normalized spacial score (nSPS) is 30.1. The van der Waals surface area contributed by atoms with Gasteiger partial charge in [-0.3, -0.25) is 14.4 Å². The standard InChI is InChI=1S/C27H34N4O5/c1-15-6-7-18(32)12-20(15)26-8-10-30(3)16(2)27(26,36)13-17-11-19(24(34)29-21(17)14-26)25(35)31-9-4-5-22(31)23(28)33/h6-7,11-12,16,22,32,36H,4-5,8-10,13-14H2,1-3H3,(H2,28,33)(H,29,34)/t16-,22+,26-,27-/m1/s1. The first-order valence-corrected chi connectivity index (χ1v) is 12.6. The van der Waals surface area contributed by atoms with E-state index in [9.17, 15) is 24.6 Å². The zero-order chi connectivity index (χ0) is 26.0. The van der Waals surface area contributed by atoms with Gasteiger partial charge in [0.15, 0.2) is 0 Å². The van der Waals surface area contributed by atoms with Crippen LogP contribution in [0.4, 0.5) is 0 Å². The maximum absolute atomic E-state index is 13.3. The number of H-pyrrole nitrogens is 1. The summed E-state index contributed by atoms with van der Waals surface area (Å²) in [7, 11) is 1.98. The fraction of sp³-hybridized carbons (Fsp3) is 0.519. The Morgan fingerprint density at radius 2 is 1.94 bits per heavy atom. The van der Waals surface area contributed by atoms with Gasteiger partial charge in [-0.15, -0.1) is 0 Å². The number of nitrogens with one attached hydrogen (secondary N) is 1. The van der Waals surface area contributed by atoms with Crippen LogP contribution in [0.25, 0.3) is 0 Å². The quantitative estimate of drug-likeness (QED) is 0.501. The van der Waals surface area contributed by atoms with Gasteiger partial charge in [0, 0.05) is 36.5 Å². The highest BCUT2D eigenvalue weighted by molar-refractivity contribution is 5.97. The second kappa shape index (κ2) is 8.45. The summed E-state index contributed by atoms with van der Waals surface area (Å²) < 4.78 is 0. The number of piperidine rings is 1.